The van der Waals surface area contributed by atoms with Crippen molar-refractivity contribution in [2.75, 3.05) is 0 Å². The average Bonchev–Trinajstić information content (AvgIpc) is 2.67. The highest BCUT2D eigenvalue weighted by Gasteiger charge is 1.98. The average molecular weight is 187 g/mol. The molecule has 0 radical (unpaired) electrons. The molecule has 0 N–H and O–H groups in total. The molecule has 2 nitrogen and oxygen atoms in total. The Hall–Kier alpha value is -1.83. The van der Waals surface area contributed by atoms with Crippen molar-refractivity contribution < 1.29 is 4.79 Å². The summed E-state index contributed by atoms with van der Waals surface area (Å²) in [6.07, 6.45) is 2.79. The van der Waals surface area contributed by atoms with E-state index in [1.807, 2.05) is 41.1 Å². The van der Waals surface area contributed by atoms with Gasteiger partial charge in [0, 0.05) is 12.7 Å². The molecule has 1 heterocycles. The van der Waals surface area contributed by atoms with Crippen molar-refractivity contribution in [3.8, 4) is 0 Å². The molecule has 1 aromatic heterocycles. The Morgan fingerprint density at radius 2 is 1.86 bits per heavy atom. The molecule has 2 heteroatoms. The third-order valence-electron chi connectivity index (χ3n) is 2.18. The topological polar surface area (TPSA) is 22.0 Å². The molecule has 2 rings (SSSR count). The van der Waals surface area contributed by atoms with Crippen LogP contribution in [0, 0.1) is 0 Å². The van der Waals surface area contributed by atoms with Gasteiger partial charge in [0.25, 0.3) is 0 Å². The first-order valence-corrected chi connectivity index (χ1v) is 4.54. The van der Waals surface area contributed by atoms with Crippen LogP contribution in [-0.4, -0.2) is 10.9 Å². The Balaban J connectivity index is 2.23. The van der Waals surface area contributed by atoms with E-state index in [1.54, 1.807) is 0 Å². The van der Waals surface area contributed by atoms with Crippen molar-refractivity contribution in [1.82, 2.24) is 4.57 Å². The summed E-state index contributed by atoms with van der Waals surface area (Å²) in [5.74, 6) is 0. The van der Waals surface area contributed by atoms with Crippen molar-refractivity contribution in [2.24, 2.45) is 0 Å². The SMILES string of the molecule is O=[14CH]c1cccn1Cc1ccccc1. The number of hydrogen-bond acceptors (Lipinski definition) is 1. The number of carbonyl (C=O) groups is 1. The minimum Gasteiger partial charge on any atom is -0.341 e. The lowest BCUT2D eigenvalue weighted by atomic mass is 10.2. The van der Waals surface area contributed by atoms with Gasteiger partial charge in [0.05, 0.1) is 5.69 Å². The first kappa shape index (κ1) is 8.75. The molecule has 1 aromatic carbocycles. The summed E-state index contributed by atoms with van der Waals surface area (Å²) in [4.78, 5) is 10.7. The van der Waals surface area contributed by atoms with Gasteiger partial charge >= 0.3 is 0 Å². The van der Waals surface area contributed by atoms with Gasteiger partial charge in [-0.15, -0.1) is 0 Å². The Morgan fingerprint density at radius 1 is 1.07 bits per heavy atom. The molecular formula is C12H11NO. The molecule has 0 aliphatic rings. The molecular weight excluding hydrogens is 176 g/mol. The van der Waals surface area contributed by atoms with Crippen molar-refractivity contribution in [1.29, 1.82) is 0 Å². The van der Waals surface area contributed by atoms with Crippen LogP contribution in [0.25, 0.3) is 0 Å². The summed E-state index contributed by atoms with van der Waals surface area (Å²) in [5.41, 5.74) is 1.92. The van der Waals surface area contributed by atoms with Crippen LogP contribution < -0.4 is 0 Å². The minimum atomic E-state index is 0.717. The summed E-state index contributed by atoms with van der Waals surface area (Å²) in [6.45, 7) is 0.752. The van der Waals surface area contributed by atoms with Crippen molar-refractivity contribution in [2.45, 2.75) is 6.54 Å². The number of carbonyl (C=O) groups excluding carboxylic acids is 1. The van der Waals surface area contributed by atoms with E-state index in [9.17, 15) is 4.79 Å². The summed E-state index contributed by atoms with van der Waals surface area (Å²) >= 11 is 0. The van der Waals surface area contributed by atoms with Crippen molar-refractivity contribution in [3.63, 3.8) is 0 Å². The normalized spacial score (nSPS) is 10.0. The van der Waals surface area contributed by atoms with E-state index < -0.39 is 0 Å². The van der Waals surface area contributed by atoms with Crippen LogP contribution in [0.5, 0.6) is 0 Å². The lowest BCUT2D eigenvalue weighted by molar-refractivity contribution is 0.111. The number of aromatic nitrogens is 1. The van der Waals surface area contributed by atoms with Crippen LogP contribution in [0.1, 0.15) is 16.1 Å². The predicted molar refractivity (Wildman–Crippen MR) is 55.4 cm³/mol. The van der Waals surface area contributed by atoms with E-state index in [0.717, 1.165) is 12.8 Å². The van der Waals surface area contributed by atoms with Crippen LogP contribution in [0.4, 0.5) is 0 Å². The maximum Gasteiger partial charge on any atom is 0.166 e. The van der Waals surface area contributed by atoms with Gasteiger partial charge in [0.15, 0.2) is 6.29 Å². The third-order valence-corrected chi connectivity index (χ3v) is 2.18. The van der Waals surface area contributed by atoms with E-state index in [2.05, 4.69) is 12.1 Å². The zero-order valence-electron chi connectivity index (χ0n) is 7.76. The molecule has 70 valence electrons. The molecule has 0 aliphatic heterocycles. The highest BCUT2D eigenvalue weighted by molar-refractivity contribution is 5.72. The van der Waals surface area contributed by atoms with Crippen molar-refractivity contribution in [3.05, 3.63) is 59.9 Å². The van der Waals surface area contributed by atoms with Crippen LogP contribution in [0.15, 0.2) is 48.7 Å². The fourth-order valence-corrected chi connectivity index (χ4v) is 1.46. The largest absolute Gasteiger partial charge is 0.341 e. The zero-order valence-corrected chi connectivity index (χ0v) is 7.76. The van der Waals surface area contributed by atoms with Crippen LogP contribution in [0.2, 0.25) is 0 Å². The lowest BCUT2D eigenvalue weighted by Gasteiger charge is -2.04. The molecule has 2 aromatic rings. The highest BCUT2D eigenvalue weighted by atomic mass is 16.3. The number of hydrogen-bond donors (Lipinski definition) is 0. The Morgan fingerprint density at radius 3 is 2.57 bits per heavy atom. The number of benzene rings is 1. The molecule has 0 fully saturated rings. The number of rotatable bonds is 3. The maximum atomic E-state index is 10.7. The van der Waals surface area contributed by atoms with Gasteiger partial charge in [0.1, 0.15) is 0 Å². The fraction of sp³-hybridized carbons (Fsp3) is 0.0833. The summed E-state index contributed by atoms with van der Waals surface area (Å²) < 4.78 is 1.93. The molecule has 0 amide bonds. The smallest absolute Gasteiger partial charge is 0.166 e. The Kier molecular flexibility index (Phi) is 2.45. The standard InChI is InChI=1S/C12H11NO/c14-10-12-7-4-8-13(12)9-11-5-2-1-3-6-11/h1-8,10H,9H2/i10+2. The van der Waals surface area contributed by atoms with E-state index in [-0.39, 0.29) is 0 Å². The number of nitrogens with zero attached hydrogens (tertiary/aromatic N) is 1. The quantitative estimate of drug-likeness (QED) is 0.676. The molecule has 0 bridgehead atoms. The van der Waals surface area contributed by atoms with E-state index in [0.29, 0.717) is 5.69 Å². The lowest BCUT2D eigenvalue weighted by Crippen LogP contribution is -2.01. The highest BCUT2D eigenvalue weighted by Crippen LogP contribution is 2.05. The zero-order chi connectivity index (χ0) is 9.80. The van der Waals surface area contributed by atoms with Gasteiger partial charge in [0.2, 0.25) is 0 Å². The summed E-state index contributed by atoms with van der Waals surface area (Å²) in [6, 6.07) is 13.8. The molecule has 14 heavy (non-hydrogen) atoms. The molecule has 0 spiro atoms. The second kappa shape index (κ2) is 3.92. The molecule has 0 aliphatic carbocycles. The van der Waals surface area contributed by atoms with Gasteiger partial charge in [-0.3, -0.25) is 4.79 Å². The second-order valence-electron chi connectivity index (χ2n) is 3.16. The van der Waals surface area contributed by atoms with Crippen molar-refractivity contribution >= 4 is 6.29 Å². The first-order valence-electron chi connectivity index (χ1n) is 4.54. The minimum absolute atomic E-state index is 0.717. The van der Waals surface area contributed by atoms with Crippen LogP contribution in [0.3, 0.4) is 0 Å². The molecule has 0 atom stereocenters. The third kappa shape index (κ3) is 1.74. The fourth-order valence-electron chi connectivity index (χ4n) is 1.46. The molecule has 0 unspecified atom stereocenters. The number of aldehydes is 1. The Bertz CT molecular complexity index is 417. The van der Waals surface area contributed by atoms with Gasteiger partial charge in [-0.05, 0) is 17.7 Å². The first-order chi connectivity index (χ1) is 6.90. The van der Waals surface area contributed by atoms with E-state index >= 15 is 0 Å². The van der Waals surface area contributed by atoms with Gasteiger partial charge < -0.3 is 4.57 Å². The monoisotopic (exact) mass is 187 g/mol. The van der Waals surface area contributed by atoms with Gasteiger partial charge in [-0.25, -0.2) is 0 Å². The summed E-state index contributed by atoms with van der Waals surface area (Å²) in [7, 11) is 0. The van der Waals surface area contributed by atoms with Crippen LogP contribution >= 0.6 is 0 Å². The Labute approximate surface area is 82.8 Å². The predicted octanol–water partition coefficient (Wildman–Crippen LogP) is 2.35. The maximum absolute atomic E-state index is 10.7. The van der Waals surface area contributed by atoms with Gasteiger partial charge in [-0.2, -0.15) is 0 Å². The van der Waals surface area contributed by atoms with E-state index in [4.69, 9.17) is 0 Å². The molecule has 0 saturated heterocycles. The van der Waals surface area contributed by atoms with Crippen LogP contribution in [-0.2, 0) is 6.54 Å². The second-order valence-corrected chi connectivity index (χ2v) is 3.16. The molecule has 0 saturated carbocycles. The van der Waals surface area contributed by atoms with E-state index in [1.165, 1.54) is 5.56 Å². The summed E-state index contributed by atoms with van der Waals surface area (Å²) in [5, 5.41) is 0. The van der Waals surface area contributed by atoms with Gasteiger partial charge in [-0.1, -0.05) is 30.3 Å².